The minimum Gasteiger partial charge on any atom is -0.388 e. The Morgan fingerprint density at radius 1 is 1.42 bits per heavy atom. The molecule has 0 saturated heterocycles. The Morgan fingerprint density at radius 2 is 2.08 bits per heavy atom. The standard InChI is InChI=1S/C9H11ClN2/c10-8-4-2-1-3-7(8)5-6-9(11)12/h1-4H,5-6H2,(H3,11,12). The van der Waals surface area contributed by atoms with Gasteiger partial charge in [0.25, 0.3) is 0 Å². The van der Waals surface area contributed by atoms with E-state index in [1.54, 1.807) is 0 Å². The number of nitrogens with two attached hydrogens (primary N) is 1. The lowest BCUT2D eigenvalue weighted by Gasteiger charge is -2.01. The van der Waals surface area contributed by atoms with Gasteiger partial charge in [-0.3, -0.25) is 5.41 Å². The molecule has 0 aliphatic carbocycles. The molecule has 0 spiro atoms. The molecule has 0 aliphatic rings. The van der Waals surface area contributed by atoms with Crippen molar-refractivity contribution >= 4 is 17.4 Å². The first kappa shape index (κ1) is 9.07. The summed E-state index contributed by atoms with van der Waals surface area (Å²) in [5, 5.41) is 7.80. The van der Waals surface area contributed by atoms with Crippen molar-refractivity contribution in [3.63, 3.8) is 0 Å². The van der Waals surface area contributed by atoms with E-state index in [0.717, 1.165) is 17.0 Å². The lowest BCUT2D eigenvalue weighted by molar-refractivity contribution is 1.02. The summed E-state index contributed by atoms with van der Waals surface area (Å²) in [5.41, 5.74) is 6.28. The number of benzene rings is 1. The number of hydrogen-bond donors (Lipinski definition) is 2. The van der Waals surface area contributed by atoms with Gasteiger partial charge in [0, 0.05) is 11.4 Å². The quantitative estimate of drug-likeness (QED) is 0.547. The molecular formula is C9H11ClN2. The van der Waals surface area contributed by atoms with Gasteiger partial charge in [-0.25, -0.2) is 0 Å². The summed E-state index contributed by atoms with van der Waals surface area (Å²) in [5.74, 6) is 0.204. The fourth-order valence-electron chi connectivity index (χ4n) is 0.970. The first-order chi connectivity index (χ1) is 5.70. The Balaban J connectivity index is 2.63. The second kappa shape index (κ2) is 4.12. The first-order valence-corrected chi connectivity index (χ1v) is 4.14. The maximum absolute atomic E-state index is 7.05. The van der Waals surface area contributed by atoms with Crippen molar-refractivity contribution in [2.75, 3.05) is 0 Å². The maximum Gasteiger partial charge on any atom is 0.0908 e. The third kappa shape index (κ3) is 2.55. The minimum absolute atomic E-state index is 0.204. The molecule has 0 aromatic heterocycles. The minimum atomic E-state index is 0.204. The number of halogens is 1. The molecule has 1 aromatic rings. The predicted octanol–water partition coefficient (Wildman–Crippen LogP) is 2.21. The molecule has 1 rings (SSSR count). The SMILES string of the molecule is N=C(N)CCc1ccccc1Cl. The van der Waals surface area contributed by atoms with Crippen LogP contribution < -0.4 is 5.73 Å². The molecule has 3 heteroatoms. The van der Waals surface area contributed by atoms with E-state index in [1.807, 2.05) is 24.3 Å². The van der Waals surface area contributed by atoms with E-state index in [9.17, 15) is 0 Å². The Hall–Kier alpha value is -1.02. The average molecular weight is 183 g/mol. The van der Waals surface area contributed by atoms with Gasteiger partial charge in [0.15, 0.2) is 0 Å². The van der Waals surface area contributed by atoms with Crippen molar-refractivity contribution in [2.45, 2.75) is 12.8 Å². The van der Waals surface area contributed by atoms with Gasteiger partial charge in [0.05, 0.1) is 5.84 Å². The molecule has 0 fully saturated rings. The highest BCUT2D eigenvalue weighted by Crippen LogP contribution is 2.16. The molecular weight excluding hydrogens is 172 g/mol. The third-order valence-corrected chi connectivity index (χ3v) is 1.99. The first-order valence-electron chi connectivity index (χ1n) is 3.76. The Morgan fingerprint density at radius 3 is 2.67 bits per heavy atom. The molecule has 0 bridgehead atoms. The zero-order valence-electron chi connectivity index (χ0n) is 6.68. The lowest BCUT2D eigenvalue weighted by atomic mass is 10.1. The van der Waals surface area contributed by atoms with E-state index in [1.165, 1.54) is 0 Å². The summed E-state index contributed by atoms with van der Waals surface area (Å²) in [4.78, 5) is 0. The van der Waals surface area contributed by atoms with E-state index >= 15 is 0 Å². The van der Waals surface area contributed by atoms with Crippen LogP contribution >= 0.6 is 11.6 Å². The van der Waals surface area contributed by atoms with Crippen molar-refractivity contribution in [1.82, 2.24) is 0 Å². The van der Waals surface area contributed by atoms with Crippen molar-refractivity contribution in [3.05, 3.63) is 34.9 Å². The molecule has 0 radical (unpaired) electrons. The van der Waals surface area contributed by atoms with Crippen LogP contribution in [-0.2, 0) is 6.42 Å². The molecule has 12 heavy (non-hydrogen) atoms. The van der Waals surface area contributed by atoms with E-state index in [2.05, 4.69) is 0 Å². The van der Waals surface area contributed by atoms with Gasteiger partial charge in [-0.2, -0.15) is 0 Å². The van der Waals surface area contributed by atoms with E-state index in [-0.39, 0.29) is 5.84 Å². The summed E-state index contributed by atoms with van der Waals surface area (Å²) in [7, 11) is 0. The summed E-state index contributed by atoms with van der Waals surface area (Å²) in [6.45, 7) is 0. The molecule has 0 amide bonds. The topological polar surface area (TPSA) is 49.9 Å². The van der Waals surface area contributed by atoms with Crippen LogP contribution in [0.2, 0.25) is 5.02 Å². The molecule has 1 aromatic carbocycles. The number of aryl methyl sites for hydroxylation is 1. The molecule has 0 aliphatic heterocycles. The summed E-state index contributed by atoms with van der Waals surface area (Å²) < 4.78 is 0. The van der Waals surface area contributed by atoms with Crippen LogP contribution in [0.15, 0.2) is 24.3 Å². The summed E-state index contributed by atoms with van der Waals surface area (Å²) in [6.07, 6.45) is 1.32. The summed E-state index contributed by atoms with van der Waals surface area (Å²) in [6, 6.07) is 7.61. The van der Waals surface area contributed by atoms with Crippen molar-refractivity contribution in [1.29, 1.82) is 5.41 Å². The van der Waals surface area contributed by atoms with Crippen LogP contribution in [0.1, 0.15) is 12.0 Å². The van der Waals surface area contributed by atoms with Crippen molar-refractivity contribution in [3.8, 4) is 0 Å². The number of rotatable bonds is 3. The fourth-order valence-corrected chi connectivity index (χ4v) is 1.20. The predicted molar refractivity (Wildman–Crippen MR) is 51.7 cm³/mol. The number of amidine groups is 1. The van der Waals surface area contributed by atoms with Gasteiger partial charge in [0.1, 0.15) is 0 Å². The van der Waals surface area contributed by atoms with Gasteiger partial charge in [-0.1, -0.05) is 29.8 Å². The van der Waals surface area contributed by atoms with Crippen molar-refractivity contribution in [2.24, 2.45) is 5.73 Å². The fraction of sp³-hybridized carbons (Fsp3) is 0.222. The monoisotopic (exact) mass is 182 g/mol. The van der Waals surface area contributed by atoms with E-state index < -0.39 is 0 Å². The zero-order valence-corrected chi connectivity index (χ0v) is 7.43. The Kier molecular flexibility index (Phi) is 3.11. The zero-order chi connectivity index (χ0) is 8.97. The number of nitrogens with one attached hydrogen (secondary N) is 1. The normalized spacial score (nSPS) is 9.75. The third-order valence-electron chi connectivity index (χ3n) is 1.62. The molecule has 0 saturated carbocycles. The highest BCUT2D eigenvalue weighted by molar-refractivity contribution is 6.31. The van der Waals surface area contributed by atoms with Gasteiger partial charge in [-0.15, -0.1) is 0 Å². The molecule has 64 valence electrons. The molecule has 3 N–H and O–H groups in total. The van der Waals surface area contributed by atoms with Gasteiger partial charge >= 0.3 is 0 Å². The van der Waals surface area contributed by atoms with Crippen LogP contribution in [-0.4, -0.2) is 5.84 Å². The molecule has 2 nitrogen and oxygen atoms in total. The second-order valence-corrected chi connectivity index (χ2v) is 3.02. The van der Waals surface area contributed by atoms with Gasteiger partial charge in [0.2, 0.25) is 0 Å². The van der Waals surface area contributed by atoms with Crippen LogP contribution in [0.3, 0.4) is 0 Å². The second-order valence-electron chi connectivity index (χ2n) is 2.62. The van der Waals surface area contributed by atoms with Crippen LogP contribution in [0.25, 0.3) is 0 Å². The summed E-state index contributed by atoms with van der Waals surface area (Å²) >= 11 is 5.90. The molecule has 0 heterocycles. The van der Waals surface area contributed by atoms with Crippen LogP contribution in [0.4, 0.5) is 0 Å². The van der Waals surface area contributed by atoms with Crippen molar-refractivity contribution < 1.29 is 0 Å². The molecule has 0 unspecified atom stereocenters. The van der Waals surface area contributed by atoms with Gasteiger partial charge < -0.3 is 5.73 Å². The largest absolute Gasteiger partial charge is 0.388 e. The number of hydrogen-bond acceptors (Lipinski definition) is 1. The van der Waals surface area contributed by atoms with Gasteiger partial charge in [-0.05, 0) is 18.1 Å². The Labute approximate surface area is 76.9 Å². The maximum atomic E-state index is 7.05. The van der Waals surface area contributed by atoms with E-state index in [0.29, 0.717) is 6.42 Å². The molecule has 0 atom stereocenters. The van der Waals surface area contributed by atoms with Crippen LogP contribution in [0, 0.1) is 5.41 Å². The highest BCUT2D eigenvalue weighted by atomic mass is 35.5. The lowest BCUT2D eigenvalue weighted by Crippen LogP contribution is -2.10. The average Bonchev–Trinajstić information content (AvgIpc) is 2.03. The Bertz CT molecular complexity index is 284. The highest BCUT2D eigenvalue weighted by Gasteiger charge is 1.98. The smallest absolute Gasteiger partial charge is 0.0908 e. The van der Waals surface area contributed by atoms with E-state index in [4.69, 9.17) is 22.7 Å². The van der Waals surface area contributed by atoms with Crippen LogP contribution in [0.5, 0.6) is 0 Å².